The quantitative estimate of drug-likeness (QED) is 0.657. The highest BCUT2D eigenvalue weighted by Gasteiger charge is 2.20. The number of aromatic nitrogens is 1. The fourth-order valence-electron chi connectivity index (χ4n) is 2.11. The van der Waals surface area contributed by atoms with Gasteiger partial charge >= 0.3 is 0 Å². The number of hydrogen-bond acceptors (Lipinski definition) is 0. The summed E-state index contributed by atoms with van der Waals surface area (Å²) in [7, 11) is 2.08. The van der Waals surface area contributed by atoms with Gasteiger partial charge in [-0.15, -0.1) is 0 Å². The number of fused-ring (bicyclic) bond motifs is 1. The number of nitrogens with zero attached hydrogens (tertiary/aromatic N) is 1. The molecule has 0 amide bonds. The van der Waals surface area contributed by atoms with Gasteiger partial charge in [0, 0.05) is 18.9 Å². The normalized spacial score (nSPS) is 14.5. The van der Waals surface area contributed by atoms with Gasteiger partial charge in [0.2, 0.25) is 0 Å². The molecule has 0 aliphatic heterocycles. The Morgan fingerprint density at radius 2 is 1.80 bits per heavy atom. The molecule has 0 spiro atoms. The van der Waals surface area contributed by atoms with Crippen molar-refractivity contribution in [3.05, 3.63) is 71.4 Å². The Balaban J connectivity index is 2.12. The van der Waals surface area contributed by atoms with E-state index in [1.165, 1.54) is 22.7 Å². The Labute approximate surface area is 89.7 Å². The lowest BCUT2D eigenvalue weighted by atomic mass is 9.98. The molecule has 15 heavy (non-hydrogen) atoms. The van der Waals surface area contributed by atoms with Gasteiger partial charge in [0.1, 0.15) is 0 Å². The summed E-state index contributed by atoms with van der Waals surface area (Å²) in [5.41, 5.74) is 3.92. The van der Waals surface area contributed by atoms with E-state index < -0.39 is 0 Å². The van der Waals surface area contributed by atoms with Crippen LogP contribution in [0.25, 0.3) is 6.08 Å². The summed E-state index contributed by atoms with van der Waals surface area (Å²) in [6.45, 7) is 0. The monoisotopic (exact) mass is 194 g/mol. The Morgan fingerprint density at radius 1 is 0.933 bits per heavy atom. The molecule has 1 aliphatic carbocycles. The average molecular weight is 194 g/mol. The summed E-state index contributed by atoms with van der Waals surface area (Å²) in [5.74, 6) is 1.32. The van der Waals surface area contributed by atoms with E-state index in [9.17, 15) is 0 Å². The Morgan fingerprint density at radius 3 is 2.60 bits per heavy atom. The average Bonchev–Trinajstić information content (AvgIpc) is 2.83. The summed E-state index contributed by atoms with van der Waals surface area (Å²) in [6, 6.07) is 12.7. The predicted octanol–water partition coefficient (Wildman–Crippen LogP) is 3.02. The number of aryl methyl sites for hydroxylation is 1. The van der Waals surface area contributed by atoms with Crippen molar-refractivity contribution < 1.29 is 0 Å². The van der Waals surface area contributed by atoms with Crippen molar-refractivity contribution >= 4 is 6.08 Å². The van der Waals surface area contributed by atoms with E-state index in [1.54, 1.807) is 0 Å². The highest BCUT2D eigenvalue weighted by Crippen LogP contribution is 2.33. The summed E-state index contributed by atoms with van der Waals surface area (Å²) in [4.78, 5) is 0. The molecule has 73 valence electrons. The zero-order valence-corrected chi connectivity index (χ0v) is 8.64. The fourth-order valence-corrected chi connectivity index (χ4v) is 2.11. The second-order valence-corrected chi connectivity index (χ2v) is 3.84. The SMILES string of the molecule is Cn1cccc1[C]1C=Cc2ccccc21. The maximum atomic E-state index is 2.19. The minimum absolute atomic E-state index is 1.27. The van der Waals surface area contributed by atoms with Crippen LogP contribution in [0.15, 0.2) is 48.7 Å². The summed E-state index contributed by atoms with van der Waals surface area (Å²) in [6.07, 6.45) is 6.45. The van der Waals surface area contributed by atoms with E-state index >= 15 is 0 Å². The second kappa shape index (κ2) is 3.13. The van der Waals surface area contributed by atoms with Gasteiger partial charge in [-0.3, -0.25) is 0 Å². The van der Waals surface area contributed by atoms with Gasteiger partial charge in [-0.1, -0.05) is 36.4 Å². The third kappa shape index (κ3) is 1.23. The van der Waals surface area contributed by atoms with Crippen LogP contribution in [-0.4, -0.2) is 4.57 Å². The number of rotatable bonds is 1. The maximum Gasteiger partial charge on any atom is 0.0730 e. The van der Waals surface area contributed by atoms with Crippen LogP contribution in [0.5, 0.6) is 0 Å². The van der Waals surface area contributed by atoms with Crippen LogP contribution in [0.1, 0.15) is 16.8 Å². The smallest absolute Gasteiger partial charge is 0.0730 e. The van der Waals surface area contributed by atoms with Gasteiger partial charge in [-0.05, 0) is 23.3 Å². The van der Waals surface area contributed by atoms with Gasteiger partial charge in [-0.2, -0.15) is 0 Å². The summed E-state index contributed by atoms with van der Waals surface area (Å²) >= 11 is 0. The predicted molar refractivity (Wildman–Crippen MR) is 62.3 cm³/mol. The van der Waals surface area contributed by atoms with E-state index in [2.05, 4.69) is 66.4 Å². The summed E-state index contributed by atoms with van der Waals surface area (Å²) in [5, 5.41) is 0. The van der Waals surface area contributed by atoms with E-state index in [0.717, 1.165) is 0 Å². The lowest BCUT2D eigenvalue weighted by Crippen LogP contribution is -2.02. The van der Waals surface area contributed by atoms with Gasteiger partial charge in [-0.25, -0.2) is 0 Å². The van der Waals surface area contributed by atoms with Gasteiger partial charge in [0.25, 0.3) is 0 Å². The molecule has 0 saturated heterocycles. The molecule has 1 aromatic carbocycles. The van der Waals surface area contributed by atoms with Gasteiger partial charge in [0.15, 0.2) is 0 Å². The minimum atomic E-state index is 1.27. The molecule has 3 rings (SSSR count). The van der Waals surface area contributed by atoms with Crippen LogP contribution >= 0.6 is 0 Å². The molecule has 1 heterocycles. The molecule has 1 aromatic heterocycles. The highest BCUT2D eigenvalue weighted by atomic mass is 14.9. The Bertz CT molecular complexity index is 520. The third-order valence-electron chi connectivity index (χ3n) is 2.90. The van der Waals surface area contributed by atoms with E-state index in [0.29, 0.717) is 0 Å². The zero-order valence-electron chi connectivity index (χ0n) is 8.64. The number of hydrogen-bond donors (Lipinski definition) is 0. The van der Waals surface area contributed by atoms with Crippen LogP contribution in [-0.2, 0) is 7.05 Å². The molecular weight excluding hydrogens is 182 g/mol. The van der Waals surface area contributed by atoms with Gasteiger partial charge < -0.3 is 4.57 Å². The van der Waals surface area contributed by atoms with Crippen LogP contribution in [0.2, 0.25) is 0 Å². The van der Waals surface area contributed by atoms with Crippen LogP contribution in [0.3, 0.4) is 0 Å². The van der Waals surface area contributed by atoms with E-state index in [1.807, 2.05) is 0 Å². The first-order chi connectivity index (χ1) is 7.36. The van der Waals surface area contributed by atoms with Crippen molar-refractivity contribution in [1.29, 1.82) is 0 Å². The van der Waals surface area contributed by atoms with Crippen LogP contribution in [0.4, 0.5) is 0 Å². The standard InChI is InChI=1S/C14H12N/c1-15-10-4-7-14(15)13-9-8-11-5-2-3-6-12(11)13/h2-10H,1H3. The highest BCUT2D eigenvalue weighted by molar-refractivity contribution is 5.72. The van der Waals surface area contributed by atoms with Crippen molar-refractivity contribution in [3.63, 3.8) is 0 Å². The molecule has 0 atom stereocenters. The Hall–Kier alpha value is -1.76. The number of allylic oxidation sites excluding steroid dienone is 1. The first-order valence-corrected chi connectivity index (χ1v) is 5.12. The second-order valence-electron chi connectivity index (χ2n) is 3.84. The van der Waals surface area contributed by atoms with Crippen molar-refractivity contribution in [2.24, 2.45) is 7.05 Å². The topological polar surface area (TPSA) is 4.93 Å². The lowest BCUT2D eigenvalue weighted by Gasteiger charge is -2.11. The number of benzene rings is 1. The molecule has 0 fully saturated rings. The lowest BCUT2D eigenvalue weighted by molar-refractivity contribution is 0.878. The molecule has 0 bridgehead atoms. The minimum Gasteiger partial charge on any atom is -0.353 e. The van der Waals surface area contributed by atoms with Crippen molar-refractivity contribution in [3.8, 4) is 0 Å². The zero-order chi connectivity index (χ0) is 10.3. The third-order valence-corrected chi connectivity index (χ3v) is 2.90. The summed E-state index contributed by atoms with van der Waals surface area (Å²) < 4.78 is 2.15. The Kier molecular flexibility index (Phi) is 1.78. The van der Waals surface area contributed by atoms with Crippen molar-refractivity contribution in [1.82, 2.24) is 4.57 Å². The van der Waals surface area contributed by atoms with E-state index in [4.69, 9.17) is 0 Å². The van der Waals surface area contributed by atoms with Gasteiger partial charge in [0.05, 0.1) is 5.92 Å². The van der Waals surface area contributed by atoms with Crippen molar-refractivity contribution in [2.75, 3.05) is 0 Å². The molecule has 1 nitrogen and oxygen atoms in total. The van der Waals surface area contributed by atoms with Crippen LogP contribution in [0, 0.1) is 5.92 Å². The van der Waals surface area contributed by atoms with Crippen molar-refractivity contribution in [2.45, 2.75) is 0 Å². The molecular formula is C14H12N. The largest absolute Gasteiger partial charge is 0.353 e. The molecule has 2 aromatic rings. The van der Waals surface area contributed by atoms with Crippen LogP contribution < -0.4 is 0 Å². The first kappa shape index (κ1) is 8.54. The molecule has 0 saturated carbocycles. The fraction of sp³-hybridized carbons (Fsp3) is 0.0714. The molecule has 1 radical (unpaired) electrons. The molecule has 0 N–H and O–H groups in total. The maximum absolute atomic E-state index is 2.19. The van der Waals surface area contributed by atoms with E-state index in [-0.39, 0.29) is 0 Å². The molecule has 0 unspecified atom stereocenters. The molecule has 1 aliphatic rings. The first-order valence-electron chi connectivity index (χ1n) is 5.12. The molecule has 1 heteroatoms.